The second kappa shape index (κ2) is 21.3. The summed E-state index contributed by atoms with van der Waals surface area (Å²) in [5.74, 6) is -5.19. The van der Waals surface area contributed by atoms with Gasteiger partial charge in [-0.05, 0) is 57.8 Å². The van der Waals surface area contributed by atoms with Crippen molar-refractivity contribution in [1.82, 2.24) is 15.3 Å². The number of nitrogens with one attached hydrogen (secondary N) is 1. The number of hydrogen-bond acceptors (Lipinski definition) is 15. The number of ether oxygens (including phenoxy) is 5. The first kappa shape index (κ1) is 46.0. The minimum atomic E-state index is -1.30. The molecule has 0 radical (unpaired) electrons. The van der Waals surface area contributed by atoms with Crippen LogP contribution >= 0.6 is 45.9 Å². The van der Waals surface area contributed by atoms with Crippen LogP contribution in [0.2, 0.25) is 0 Å². The third-order valence-electron chi connectivity index (χ3n) is 8.44. The molecule has 6 atom stereocenters. The molecular formula is C37H51Cl2N3O11S2. The number of carbonyl (C=O) groups is 6. The molecular weight excluding hydrogens is 797 g/mol. The molecule has 2 aromatic rings. The molecule has 3 heterocycles. The fourth-order valence-corrected chi connectivity index (χ4v) is 7.72. The molecule has 306 valence electrons. The van der Waals surface area contributed by atoms with E-state index in [1.54, 1.807) is 13.8 Å². The highest BCUT2D eigenvalue weighted by Crippen LogP contribution is 2.33. The molecule has 0 aliphatic carbocycles. The summed E-state index contributed by atoms with van der Waals surface area (Å²) < 4.78 is 27.6. The number of esters is 5. The van der Waals surface area contributed by atoms with Gasteiger partial charge in [0.15, 0.2) is 23.6 Å². The Balaban J connectivity index is 1.98. The van der Waals surface area contributed by atoms with Gasteiger partial charge in [0.25, 0.3) is 0 Å². The summed E-state index contributed by atoms with van der Waals surface area (Å²) in [6.45, 7) is 13.3. The van der Waals surface area contributed by atoms with Crippen LogP contribution in [0.15, 0.2) is 10.8 Å². The van der Waals surface area contributed by atoms with Crippen molar-refractivity contribution < 1.29 is 52.5 Å². The molecule has 4 bridgehead atoms. The Morgan fingerprint density at radius 3 is 2.25 bits per heavy atom. The number of alkyl halides is 2. The van der Waals surface area contributed by atoms with Gasteiger partial charge in [-0.1, -0.05) is 34.6 Å². The van der Waals surface area contributed by atoms with E-state index in [1.165, 1.54) is 17.7 Å². The van der Waals surface area contributed by atoms with Crippen molar-refractivity contribution in [3.8, 4) is 0 Å². The number of hydrogen-bond donors (Lipinski definition) is 1. The number of amides is 1. The average molecular weight is 849 g/mol. The molecule has 2 aromatic heterocycles. The third kappa shape index (κ3) is 14.9. The van der Waals surface area contributed by atoms with E-state index in [2.05, 4.69) is 15.3 Å². The van der Waals surface area contributed by atoms with E-state index in [4.69, 9.17) is 46.9 Å². The molecule has 1 N–H and O–H groups in total. The van der Waals surface area contributed by atoms with Crippen LogP contribution in [0.25, 0.3) is 0 Å². The topological polar surface area (TPSA) is 186 Å². The number of rotatable bonds is 15. The Hall–Kier alpha value is -3.34. The van der Waals surface area contributed by atoms with E-state index in [1.807, 2.05) is 34.6 Å². The summed E-state index contributed by atoms with van der Waals surface area (Å²) in [6.07, 6.45) is -2.37. The predicted molar refractivity (Wildman–Crippen MR) is 206 cm³/mol. The first-order valence-electron chi connectivity index (χ1n) is 18.3. The Kier molecular flexibility index (Phi) is 17.8. The largest absolute Gasteiger partial charge is 0.460 e. The maximum absolute atomic E-state index is 13.6. The van der Waals surface area contributed by atoms with Gasteiger partial charge in [0.05, 0.1) is 18.4 Å². The van der Waals surface area contributed by atoms with E-state index in [0.717, 1.165) is 22.7 Å². The van der Waals surface area contributed by atoms with Crippen molar-refractivity contribution in [3.63, 3.8) is 0 Å². The number of halogens is 2. The Bertz CT molecular complexity index is 1640. The monoisotopic (exact) mass is 847 g/mol. The van der Waals surface area contributed by atoms with Gasteiger partial charge in [-0.2, -0.15) is 0 Å². The fourth-order valence-electron chi connectivity index (χ4n) is 5.67. The van der Waals surface area contributed by atoms with Crippen LogP contribution in [0, 0.1) is 17.8 Å². The van der Waals surface area contributed by atoms with Gasteiger partial charge in [-0.3, -0.25) is 19.2 Å². The van der Waals surface area contributed by atoms with Crippen molar-refractivity contribution in [2.45, 2.75) is 135 Å². The number of cyclic esters (lactones) is 3. The summed E-state index contributed by atoms with van der Waals surface area (Å²) in [7, 11) is 0. The van der Waals surface area contributed by atoms with Crippen molar-refractivity contribution in [2.75, 3.05) is 6.61 Å². The summed E-state index contributed by atoms with van der Waals surface area (Å²) in [5.41, 5.74) is -0.196. The minimum absolute atomic E-state index is 0.0557. The normalized spacial score (nSPS) is 20.8. The molecule has 3 rings (SSSR count). The van der Waals surface area contributed by atoms with Crippen LogP contribution in [0.5, 0.6) is 0 Å². The lowest BCUT2D eigenvalue weighted by Gasteiger charge is -2.29. The van der Waals surface area contributed by atoms with Gasteiger partial charge in [-0.25, -0.2) is 19.6 Å². The van der Waals surface area contributed by atoms with Crippen LogP contribution in [-0.4, -0.2) is 74.9 Å². The second-order valence-electron chi connectivity index (χ2n) is 14.4. The van der Waals surface area contributed by atoms with Crippen molar-refractivity contribution in [2.24, 2.45) is 17.8 Å². The standard InChI is InChI=1S/C37H51Cl2N3O11S2/c1-9-11-29(44)40-23(14-19(2)3)27(50-22(7)43)15-30(45)51-28-16-49-35(47)24-17-55-33(42-24)31(20(4)5)53-34(46)21(6)26(12-10-13-37(8,38)39)52-36(48)25-18-54-32(28)41-25/h17-21,23,26-28,31H,9-16H2,1-8H3,(H,40,44)/t21-,23+,26+,27-,28+,31+/m1/s1. The molecule has 55 heavy (non-hydrogen) atoms. The number of fused-ring (bicyclic) bond motifs is 4. The summed E-state index contributed by atoms with van der Waals surface area (Å²) >= 11 is 14.4. The van der Waals surface area contributed by atoms with E-state index in [-0.39, 0.29) is 47.0 Å². The van der Waals surface area contributed by atoms with Crippen LogP contribution in [-0.2, 0) is 42.9 Å². The molecule has 1 amide bonds. The highest BCUT2D eigenvalue weighted by molar-refractivity contribution is 7.10. The van der Waals surface area contributed by atoms with Crippen LogP contribution in [0.3, 0.4) is 0 Å². The van der Waals surface area contributed by atoms with Gasteiger partial charge >= 0.3 is 29.8 Å². The third-order valence-corrected chi connectivity index (χ3v) is 10.7. The van der Waals surface area contributed by atoms with Gasteiger partial charge in [-0.15, -0.1) is 45.9 Å². The zero-order valence-electron chi connectivity index (χ0n) is 32.4. The van der Waals surface area contributed by atoms with Crippen LogP contribution in [0.1, 0.15) is 144 Å². The molecule has 1 aliphatic rings. The number of thiazole rings is 2. The van der Waals surface area contributed by atoms with Gasteiger partial charge in [0, 0.05) is 24.1 Å². The predicted octanol–water partition coefficient (Wildman–Crippen LogP) is 7.47. The summed E-state index contributed by atoms with van der Waals surface area (Å²) in [4.78, 5) is 87.4. The molecule has 1 aliphatic heterocycles. The highest BCUT2D eigenvalue weighted by atomic mass is 35.5. The maximum Gasteiger partial charge on any atom is 0.358 e. The van der Waals surface area contributed by atoms with E-state index in [0.29, 0.717) is 30.7 Å². The Morgan fingerprint density at radius 2 is 1.65 bits per heavy atom. The first-order chi connectivity index (χ1) is 25.8. The molecule has 0 saturated carbocycles. The maximum atomic E-state index is 13.6. The Labute approximate surface area is 339 Å². The molecule has 0 fully saturated rings. The summed E-state index contributed by atoms with van der Waals surface area (Å²) in [6, 6.07) is -0.696. The highest BCUT2D eigenvalue weighted by Gasteiger charge is 2.36. The molecule has 14 nitrogen and oxygen atoms in total. The van der Waals surface area contributed by atoms with E-state index < -0.39 is 83.6 Å². The zero-order valence-corrected chi connectivity index (χ0v) is 35.5. The van der Waals surface area contributed by atoms with Gasteiger partial charge in [0.1, 0.15) is 33.2 Å². The van der Waals surface area contributed by atoms with Gasteiger partial charge < -0.3 is 29.0 Å². The lowest BCUT2D eigenvalue weighted by Crippen LogP contribution is -2.47. The van der Waals surface area contributed by atoms with E-state index in [9.17, 15) is 28.8 Å². The van der Waals surface area contributed by atoms with Crippen molar-refractivity contribution in [3.05, 3.63) is 32.2 Å². The number of aromatic nitrogens is 2. The lowest BCUT2D eigenvalue weighted by molar-refractivity contribution is -0.161. The SMILES string of the molecule is CCCC(=O)N[C@@H](CC(C)C)[C@@H](CC(=O)O[C@H]1COC(=O)c2csc(n2)[C@H](C(C)C)OC(=O)[C@H](C)[C@H](CCCC(C)(Cl)Cl)OC(=O)c2csc1n2)OC(C)=O. The number of carbonyl (C=O) groups excluding carboxylic acids is 6. The van der Waals surface area contributed by atoms with Crippen molar-refractivity contribution in [1.29, 1.82) is 0 Å². The second-order valence-corrected chi connectivity index (χ2v) is 18.1. The summed E-state index contributed by atoms with van der Waals surface area (Å²) in [5, 5.41) is 6.20. The number of nitrogens with zero attached hydrogens (tertiary/aromatic N) is 2. The first-order valence-corrected chi connectivity index (χ1v) is 20.8. The van der Waals surface area contributed by atoms with Gasteiger partial charge in [0.2, 0.25) is 5.91 Å². The zero-order chi connectivity index (χ0) is 41.0. The van der Waals surface area contributed by atoms with Crippen molar-refractivity contribution >= 4 is 81.6 Å². The minimum Gasteiger partial charge on any atom is -0.460 e. The fraction of sp³-hybridized carbons (Fsp3) is 0.676. The molecule has 18 heteroatoms. The van der Waals surface area contributed by atoms with Crippen LogP contribution in [0.4, 0.5) is 0 Å². The molecule has 0 aromatic carbocycles. The smallest absolute Gasteiger partial charge is 0.358 e. The quantitative estimate of drug-likeness (QED) is 0.106. The average Bonchev–Trinajstić information content (AvgIpc) is 3.77. The molecule has 0 saturated heterocycles. The Morgan fingerprint density at radius 1 is 1.02 bits per heavy atom. The molecule has 0 unspecified atom stereocenters. The molecule has 0 spiro atoms. The van der Waals surface area contributed by atoms with Crippen LogP contribution < -0.4 is 5.32 Å². The lowest BCUT2D eigenvalue weighted by atomic mass is 9.96. The van der Waals surface area contributed by atoms with E-state index >= 15 is 0 Å².